The fraction of sp³-hybridized carbons (Fsp3) is 0.375. The van der Waals surface area contributed by atoms with E-state index in [0.29, 0.717) is 10.8 Å². The Labute approximate surface area is 173 Å². The van der Waals surface area contributed by atoms with Crippen LogP contribution in [0.2, 0.25) is 0 Å². The number of halogens is 2. The Bertz CT molecular complexity index is 872. The number of aromatic nitrogens is 2. The minimum Gasteiger partial charge on any atom is -0.393 e. The van der Waals surface area contributed by atoms with E-state index in [1.807, 2.05) is 5.48 Å². The van der Waals surface area contributed by atoms with Gasteiger partial charge in [-0.15, -0.1) is 0 Å². The molecule has 12 heteroatoms. The van der Waals surface area contributed by atoms with Crippen LogP contribution in [-0.2, 0) is 0 Å². The molecular formula is C16H18BrFN6O3S. The highest BCUT2D eigenvalue weighted by Crippen LogP contribution is 2.23. The molecule has 1 fully saturated rings. The number of thiocarbonyl (C=S) groups is 1. The van der Waals surface area contributed by atoms with Gasteiger partial charge in [0.1, 0.15) is 5.82 Å². The third-order valence-electron chi connectivity index (χ3n) is 4.23. The molecule has 1 aromatic carbocycles. The van der Waals surface area contributed by atoms with Crippen molar-refractivity contribution in [2.24, 2.45) is 4.99 Å². The monoisotopic (exact) mass is 472 g/mol. The van der Waals surface area contributed by atoms with Gasteiger partial charge in [-0.1, -0.05) is 0 Å². The number of aliphatic hydroxyl groups excluding tert-OH is 1. The molecule has 0 spiro atoms. The first-order valence-electron chi connectivity index (χ1n) is 8.48. The van der Waals surface area contributed by atoms with Gasteiger partial charge in [-0.25, -0.2) is 14.0 Å². The van der Waals surface area contributed by atoms with Gasteiger partial charge in [-0.2, -0.15) is 0 Å². The van der Waals surface area contributed by atoms with Crippen molar-refractivity contribution in [1.82, 2.24) is 21.1 Å². The molecule has 150 valence electrons. The van der Waals surface area contributed by atoms with Crippen LogP contribution in [0.5, 0.6) is 0 Å². The molecule has 1 saturated carbocycles. The molecule has 1 aliphatic rings. The number of hydroxylamine groups is 1. The Kier molecular flexibility index (Phi) is 6.88. The minimum absolute atomic E-state index is 0.0640. The number of hydrogen-bond acceptors (Lipinski definition) is 7. The number of aliphatic hydroxyl groups is 1. The van der Waals surface area contributed by atoms with Crippen LogP contribution in [0.15, 0.2) is 32.3 Å². The first kappa shape index (κ1) is 20.6. The average molecular weight is 473 g/mol. The highest BCUT2D eigenvalue weighted by Gasteiger charge is 2.22. The molecule has 0 radical (unpaired) electrons. The van der Waals surface area contributed by atoms with Crippen LogP contribution in [0.4, 0.5) is 15.9 Å². The highest BCUT2D eigenvalue weighted by molar-refractivity contribution is 9.10. The summed E-state index contributed by atoms with van der Waals surface area (Å²) in [5.41, 5.74) is 2.38. The van der Waals surface area contributed by atoms with E-state index in [1.54, 1.807) is 0 Å². The molecule has 0 saturated heterocycles. The van der Waals surface area contributed by atoms with E-state index in [4.69, 9.17) is 16.8 Å². The predicted octanol–water partition coefficient (Wildman–Crippen LogP) is 2.62. The van der Waals surface area contributed by atoms with Crippen molar-refractivity contribution in [2.45, 2.75) is 37.8 Å². The van der Waals surface area contributed by atoms with Crippen LogP contribution in [0.1, 0.15) is 31.4 Å². The summed E-state index contributed by atoms with van der Waals surface area (Å²) in [4.78, 5) is 4.18. The summed E-state index contributed by atoms with van der Waals surface area (Å²) in [5.74, 6) is -0.352. The van der Waals surface area contributed by atoms with Gasteiger partial charge < -0.3 is 15.7 Å². The molecule has 1 aromatic heterocycles. The molecule has 1 aliphatic carbocycles. The van der Waals surface area contributed by atoms with Gasteiger partial charge in [-0.3, -0.25) is 10.7 Å². The van der Waals surface area contributed by atoms with E-state index < -0.39 is 5.82 Å². The molecule has 3 rings (SSSR count). The lowest BCUT2D eigenvalue weighted by Gasteiger charge is -2.27. The topological polar surface area (TPSA) is 128 Å². The highest BCUT2D eigenvalue weighted by atomic mass is 79.9. The van der Waals surface area contributed by atoms with Crippen molar-refractivity contribution in [2.75, 3.05) is 5.32 Å². The number of benzene rings is 1. The Hall–Kier alpha value is -2.15. The number of amidine groups is 1. The second-order valence-corrected chi connectivity index (χ2v) is 7.50. The Morgan fingerprint density at radius 1 is 1.29 bits per heavy atom. The fourth-order valence-electron chi connectivity index (χ4n) is 2.79. The smallest absolute Gasteiger partial charge is 0.208 e. The van der Waals surface area contributed by atoms with E-state index in [9.17, 15) is 14.7 Å². The summed E-state index contributed by atoms with van der Waals surface area (Å²) in [6.07, 6.45) is 2.78. The maximum absolute atomic E-state index is 13.4. The normalized spacial score (nSPS) is 19.9. The molecule has 2 aromatic rings. The molecule has 9 nitrogen and oxygen atoms in total. The maximum Gasteiger partial charge on any atom is 0.208 e. The zero-order chi connectivity index (χ0) is 20.1. The Balaban J connectivity index is 1.71. The van der Waals surface area contributed by atoms with Crippen molar-refractivity contribution in [3.8, 4) is 0 Å². The lowest BCUT2D eigenvalue weighted by Crippen LogP contribution is -2.41. The van der Waals surface area contributed by atoms with Crippen molar-refractivity contribution in [3.63, 3.8) is 0 Å². The van der Waals surface area contributed by atoms with Crippen LogP contribution in [-0.4, -0.2) is 43.7 Å². The zero-order valence-corrected chi connectivity index (χ0v) is 16.9. The number of aliphatic imine (C=N–C) groups is 1. The summed E-state index contributed by atoms with van der Waals surface area (Å²) < 4.78 is 18.3. The SMILES string of the molecule is ONC(=Nc1ccc(F)c(Br)c1)c1nonc1NC(=S)NC1CCC(O)CC1. The first-order chi connectivity index (χ1) is 13.5. The van der Waals surface area contributed by atoms with Crippen molar-refractivity contribution in [1.29, 1.82) is 0 Å². The lowest BCUT2D eigenvalue weighted by atomic mass is 9.93. The number of nitrogens with one attached hydrogen (secondary N) is 3. The van der Waals surface area contributed by atoms with E-state index in [-0.39, 0.29) is 34.0 Å². The fourth-order valence-corrected chi connectivity index (χ4v) is 3.42. The van der Waals surface area contributed by atoms with Gasteiger partial charge in [0.2, 0.25) is 5.82 Å². The van der Waals surface area contributed by atoms with Gasteiger partial charge in [0, 0.05) is 6.04 Å². The largest absolute Gasteiger partial charge is 0.393 e. The third kappa shape index (κ3) is 5.22. The maximum atomic E-state index is 13.4. The van der Waals surface area contributed by atoms with E-state index in [0.717, 1.165) is 25.7 Å². The van der Waals surface area contributed by atoms with Crippen LogP contribution < -0.4 is 16.1 Å². The predicted molar refractivity (Wildman–Crippen MR) is 107 cm³/mol. The Morgan fingerprint density at radius 2 is 2.04 bits per heavy atom. The van der Waals surface area contributed by atoms with E-state index in [2.05, 4.69) is 41.9 Å². The standard InChI is InChI=1S/C16H18BrFN6O3S/c17-11-7-9(3-6-12(11)18)19-14(22-26)13-15(24-27-23-13)21-16(28)20-8-1-4-10(25)5-2-8/h3,6-8,10,25-26H,1-2,4-5H2,(H,19,22)(H2,20,21,24,28). The molecule has 0 aliphatic heterocycles. The quantitative estimate of drug-likeness (QED) is 0.197. The molecule has 0 bridgehead atoms. The first-order valence-corrected chi connectivity index (χ1v) is 9.68. The van der Waals surface area contributed by atoms with Gasteiger partial charge in [0.15, 0.2) is 16.6 Å². The summed E-state index contributed by atoms with van der Waals surface area (Å²) in [7, 11) is 0. The van der Waals surface area contributed by atoms with Crippen molar-refractivity contribution < 1.29 is 19.3 Å². The van der Waals surface area contributed by atoms with E-state index in [1.165, 1.54) is 18.2 Å². The van der Waals surface area contributed by atoms with Gasteiger partial charge in [-0.05, 0) is 82.3 Å². The van der Waals surface area contributed by atoms with Crippen molar-refractivity contribution in [3.05, 3.63) is 34.2 Å². The molecule has 0 amide bonds. The number of hydrogen-bond donors (Lipinski definition) is 5. The second-order valence-electron chi connectivity index (χ2n) is 6.24. The average Bonchev–Trinajstić information content (AvgIpc) is 3.12. The molecule has 28 heavy (non-hydrogen) atoms. The summed E-state index contributed by atoms with van der Waals surface area (Å²) in [6.45, 7) is 0. The van der Waals surface area contributed by atoms with E-state index >= 15 is 0 Å². The third-order valence-corrected chi connectivity index (χ3v) is 5.05. The number of nitrogens with zero attached hydrogens (tertiary/aromatic N) is 3. The van der Waals surface area contributed by atoms with Crippen LogP contribution in [0.25, 0.3) is 0 Å². The molecule has 1 heterocycles. The van der Waals surface area contributed by atoms with Gasteiger partial charge >= 0.3 is 0 Å². The molecular weight excluding hydrogens is 455 g/mol. The Morgan fingerprint density at radius 3 is 2.71 bits per heavy atom. The molecule has 5 N–H and O–H groups in total. The van der Waals surface area contributed by atoms with Gasteiger partial charge in [0.25, 0.3) is 0 Å². The summed E-state index contributed by atoms with van der Waals surface area (Å²) >= 11 is 8.37. The van der Waals surface area contributed by atoms with Crippen LogP contribution in [0.3, 0.4) is 0 Å². The second kappa shape index (κ2) is 9.37. The van der Waals surface area contributed by atoms with Crippen LogP contribution >= 0.6 is 28.1 Å². The van der Waals surface area contributed by atoms with Gasteiger partial charge in [0.05, 0.1) is 16.3 Å². The number of rotatable bonds is 4. The zero-order valence-electron chi connectivity index (χ0n) is 14.5. The van der Waals surface area contributed by atoms with Crippen molar-refractivity contribution >= 4 is 50.6 Å². The molecule has 0 unspecified atom stereocenters. The van der Waals surface area contributed by atoms with Crippen LogP contribution in [0, 0.1) is 5.82 Å². The summed E-state index contributed by atoms with van der Waals surface area (Å²) in [5, 5.41) is 32.8. The summed E-state index contributed by atoms with van der Waals surface area (Å²) in [6, 6.07) is 4.25. The number of anilines is 1. The lowest BCUT2D eigenvalue weighted by molar-refractivity contribution is 0.120. The minimum atomic E-state index is -0.436. The molecule has 0 atom stereocenters.